The van der Waals surface area contributed by atoms with Crippen LogP contribution in [0.5, 0.6) is 0 Å². The number of rotatable bonds is 3. The summed E-state index contributed by atoms with van der Waals surface area (Å²) in [6.45, 7) is 0. The lowest BCUT2D eigenvalue weighted by molar-refractivity contribution is -0.142. The van der Waals surface area contributed by atoms with Crippen molar-refractivity contribution in [1.82, 2.24) is 4.90 Å². The number of carbonyl (C=O) groups is 2. The molecule has 3 nitrogen and oxygen atoms in total. The molecule has 0 radical (unpaired) electrons. The van der Waals surface area contributed by atoms with Crippen molar-refractivity contribution in [2.45, 2.75) is 51.0 Å². The number of nitrogens with zero attached hydrogens (tertiary/aromatic N) is 1. The molecule has 1 aromatic carbocycles. The maximum Gasteiger partial charge on any atom is 0.233 e. The van der Waals surface area contributed by atoms with Gasteiger partial charge in [0.15, 0.2) is 0 Å². The van der Waals surface area contributed by atoms with Gasteiger partial charge in [0.05, 0.1) is 5.92 Å². The molecule has 1 unspecified atom stereocenters. The summed E-state index contributed by atoms with van der Waals surface area (Å²) in [4.78, 5) is 26.4. The standard InChI is InChI=1S/C17H20ClNO2/c18-14-8-6-12(7-9-14)10-13-11-16(20)19(17(13)21)15-4-2-1-3-5-15/h6-9,13,15H,1-5,10-11H2. The fourth-order valence-electron chi connectivity index (χ4n) is 3.50. The van der Waals surface area contributed by atoms with Crippen LogP contribution in [-0.4, -0.2) is 22.8 Å². The summed E-state index contributed by atoms with van der Waals surface area (Å²) < 4.78 is 0. The normalized spacial score (nSPS) is 23.9. The number of hydrogen-bond acceptors (Lipinski definition) is 2. The molecule has 2 amide bonds. The van der Waals surface area contributed by atoms with E-state index in [0.717, 1.165) is 31.2 Å². The maximum absolute atomic E-state index is 12.6. The van der Waals surface area contributed by atoms with Gasteiger partial charge in [-0.05, 0) is 37.0 Å². The van der Waals surface area contributed by atoms with Gasteiger partial charge in [-0.1, -0.05) is 43.0 Å². The third kappa shape index (κ3) is 3.13. The number of halogens is 1. The van der Waals surface area contributed by atoms with Gasteiger partial charge in [-0.3, -0.25) is 14.5 Å². The Kier molecular flexibility index (Phi) is 4.29. The summed E-state index contributed by atoms with van der Waals surface area (Å²) in [5.74, 6) is -0.145. The van der Waals surface area contributed by atoms with Crippen LogP contribution in [0.2, 0.25) is 5.02 Å². The van der Waals surface area contributed by atoms with Crippen molar-refractivity contribution < 1.29 is 9.59 Å². The highest BCUT2D eigenvalue weighted by atomic mass is 35.5. The lowest BCUT2D eigenvalue weighted by Gasteiger charge is -2.29. The van der Waals surface area contributed by atoms with Crippen LogP contribution < -0.4 is 0 Å². The van der Waals surface area contributed by atoms with Crippen molar-refractivity contribution in [1.29, 1.82) is 0 Å². The summed E-state index contributed by atoms with van der Waals surface area (Å²) in [7, 11) is 0. The minimum atomic E-state index is -0.194. The molecule has 1 atom stereocenters. The highest BCUT2D eigenvalue weighted by Crippen LogP contribution is 2.31. The van der Waals surface area contributed by atoms with Gasteiger partial charge in [-0.15, -0.1) is 0 Å². The van der Waals surface area contributed by atoms with E-state index in [9.17, 15) is 9.59 Å². The molecule has 2 aliphatic rings. The van der Waals surface area contributed by atoms with Gasteiger partial charge in [0, 0.05) is 17.5 Å². The summed E-state index contributed by atoms with van der Waals surface area (Å²) in [6.07, 6.45) is 6.42. The molecule has 0 aromatic heterocycles. The number of carbonyl (C=O) groups excluding carboxylic acids is 2. The van der Waals surface area contributed by atoms with Crippen LogP contribution in [0.1, 0.15) is 44.1 Å². The Morgan fingerprint density at radius 1 is 1.05 bits per heavy atom. The van der Waals surface area contributed by atoms with Crippen molar-refractivity contribution in [3.63, 3.8) is 0 Å². The van der Waals surface area contributed by atoms with Crippen LogP contribution in [0, 0.1) is 5.92 Å². The summed E-state index contributed by atoms with van der Waals surface area (Å²) >= 11 is 5.88. The minimum Gasteiger partial charge on any atom is -0.279 e. The van der Waals surface area contributed by atoms with Gasteiger partial charge >= 0.3 is 0 Å². The smallest absolute Gasteiger partial charge is 0.233 e. The molecule has 1 heterocycles. The first-order valence-electron chi connectivity index (χ1n) is 7.75. The molecule has 1 aliphatic carbocycles. The van der Waals surface area contributed by atoms with E-state index in [1.807, 2.05) is 24.3 Å². The van der Waals surface area contributed by atoms with Crippen LogP contribution in [0.15, 0.2) is 24.3 Å². The van der Waals surface area contributed by atoms with Gasteiger partial charge in [0.1, 0.15) is 0 Å². The first kappa shape index (κ1) is 14.6. The Morgan fingerprint density at radius 3 is 2.38 bits per heavy atom. The quantitative estimate of drug-likeness (QED) is 0.800. The lowest BCUT2D eigenvalue weighted by Crippen LogP contribution is -2.41. The third-order valence-electron chi connectivity index (χ3n) is 4.61. The molecule has 3 rings (SSSR count). The zero-order valence-electron chi connectivity index (χ0n) is 12.1. The number of likely N-dealkylation sites (tertiary alicyclic amines) is 1. The predicted octanol–water partition coefficient (Wildman–Crippen LogP) is 3.59. The highest BCUT2D eigenvalue weighted by molar-refractivity contribution is 6.30. The van der Waals surface area contributed by atoms with E-state index in [-0.39, 0.29) is 23.8 Å². The van der Waals surface area contributed by atoms with E-state index < -0.39 is 0 Å². The molecule has 4 heteroatoms. The van der Waals surface area contributed by atoms with Crippen LogP contribution in [0.4, 0.5) is 0 Å². The molecule has 0 bridgehead atoms. The van der Waals surface area contributed by atoms with E-state index in [1.54, 1.807) is 4.90 Å². The third-order valence-corrected chi connectivity index (χ3v) is 4.86. The predicted molar refractivity (Wildman–Crippen MR) is 82.0 cm³/mol. The van der Waals surface area contributed by atoms with Crippen LogP contribution >= 0.6 is 11.6 Å². The second-order valence-corrected chi connectivity index (χ2v) is 6.56. The SMILES string of the molecule is O=C1CC(Cc2ccc(Cl)cc2)C(=O)N1C1CCCCC1. The Bertz CT molecular complexity index is 534. The number of amides is 2. The van der Waals surface area contributed by atoms with E-state index in [2.05, 4.69) is 0 Å². The average Bonchev–Trinajstić information content (AvgIpc) is 2.77. The Hall–Kier alpha value is -1.35. The molecular weight excluding hydrogens is 286 g/mol. The van der Waals surface area contributed by atoms with Crippen LogP contribution in [0.3, 0.4) is 0 Å². The summed E-state index contributed by atoms with van der Waals surface area (Å²) in [5.41, 5.74) is 1.07. The summed E-state index contributed by atoms with van der Waals surface area (Å²) in [5, 5.41) is 0.691. The zero-order chi connectivity index (χ0) is 14.8. The van der Waals surface area contributed by atoms with E-state index in [0.29, 0.717) is 17.9 Å². The lowest BCUT2D eigenvalue weighted by atomic mass is 9.94. The summed E-state index contributed by atoms with van der Waals surface area (Å²) in [6, 6.07) is 7.68. The molecule has 1 saturated heterocycles. The maximum atomic E-state index is 12.6. The first-order chi connectivity index (χ1) is 10.1. The van der Waals surface area contributed by atoms with Gasteiger partial charge < -0.3 is 0 Å². The van der Waals surface area contributed by atoms with E-state index >= 15 is 0 Å². The Labute approximate surface area is 130 Å². The molecule has 2 fully saturated rings. The van der Waals surface area contributed by atoms with E-state index in [4.69, 9.17) is 11.6 Å². The van der Waals surface area contributed by atoms with Gasteiger partial charge in [0.25, 0.3) is 0 Å². The number of benzene rings is 1. The molecule has 112 valence electrons. The second kappa shape index (κ2) is 6.18. The van der Waals surface area contributed by atoms with Crippen molar-refractivity contribution in [3.05, 3.63) is 34.9 Å². The van der Waals surface area contributed by atoms with Crippen LogP contribution in [-0.2, 0) is 16.0 Å². The molecular formula is C17H20ClNO2. The molecule has 1 aromatic rings. The molecule has 0 N–H and O–H groups in total. The van der Waals surface area contributed by atoms with Gasteiger partial charge in [-0.2, -0.15) is 0 Å². The van der Waals surface area contributed by atoms with Crippen molar-refractivity contribution in [3.8, 4) is 0 Å². The topological polar surface area (TPSA) is 37.4 Å². The number of hydrogen-bond donors (Lipinski definition) is 0. The monoisotopic (exact) mass is 305 g/mol. The molecule has 21 heavy (non-hydrogen) atoms. The largest absolute Gasteiger partial charge is 0.279 e. The van der Waals surface area contributed by atoms with Crippen LogP contribution in [0.25, 0.3) is 0 Å². The fourth-order valence-corrected chi connectivity index (χ4v) is 3.63. The number of imide groups is 1. The van der Waals surface area contributed by atoms with Crippen molar-refractivity contribution in [2.24, 2.45) is 5.92 Å². The van der Waals surface area contributed by atoms with Gasteiger partial charge in [-0.25, -0.2) is 0 Å². The van der Waals surface area contributed by atoms with Crippen molar-refractivity contribution >= 4 is 23.4 Å². The van der Waals surface area contributed by atoms with E-state index in [1.165, 1.54) is 6.42 Å². The first-order valence-corrected chi connectivity index (χ1v) is 8.13. The Morgan fingerprint density at radius 2 is 1.71 bits per heavy atom. The average molecular weight is 306 g/mol. The molecule has 0 spiro atoms. The fraction of sp³-hybridized carbons (Fsp3) is 0.529. The van der Waals surface area contributed by atoms with Crippen molar-refractivity contribution in [2.75, 3.05) is 0 Å². The second-order valence-electron chi connectivity index (χ2n) is 6.13. The van der Waals surface area contributed by atoms with Gasteiger partial charge in [0.2, 0.25) is 11.8 Å². The minimum absolute atomic E-state index is 0.0193. The zero-order valence-corrected chi connectivity index (χ0v) is 12.8. The highest BCUT2D eigenvalue weighted by Gasteiger charge is 2.42. The molecule has 1 saturated carbocycles. The molecule has 1 aliphatic heterocycles. The Balaban J connectivity index is 1.69.